The largest absolute Gasteiger partial charge is 0.478 e. The van der Waals surface area contributed by atoms with Gasteiger partial charge in [-0.2, -0.15) is 0 Å². The summed E-state index contributed by atoms with van der Waals surface area (Å²) in [6.45, 7) is 2.27. The molecule has 0 aromatic heterocycles. The molecular weight excluding hydrogens is 375 g/mol. The predicted molar refractivity (Wildman–Crippen MR) is 100 cm³/mol. The first-order valence-electron chi connectivity index (χ1n) is 8.70. The predicted octanol–water partition coefficient (Wildman–Crippen LogP) is 6.52. The van der Waals surface area contributed by atoms with Crippen LogP contribution in [0.5, 0.6) is 0 Å². The number of carbonyl (C=O) groups is 1. The number of allylic oxidation sites excluding steroid dienone is 1. The lowest BCUT2D eigenvalue weighted by Gasteiger charge is -2.09. The number of rotatable bonds is 15. The lowest BCUT2D eigenvalue weighted by atomic mass is 10.0. The molecule has 0 aliphatic heterocycles. The highest BCUT2D eigenvalue weighted by molar-refractivity contribution is 14.1. The number of halogens is 1. The average Bonchev–Trinajstić information content (AvgIpc) is 2.45. The van der Waals surface area contributed by atoms with Crippen LogP contribution in [0, 0.1) is 0 Å². The van der Waals surface area contributed by atoms with Crippen molar-refractivity contribution in [3.05, 3.63) is 12.2 Å². The van der Waals surface area contributed by atoms with Gasteiger partial charge in [-0.3, -0.25) is 0 Å². The highest BCUT2D eigenvalue weighted by Gasteiger charge is 2.03. The van der Waals surface area contributed by atoms with Crippen LogP contribution in [0.4, 0.5) is 0 Å². The Morgan fingerprint density at radius 3 is 2.05 bits per heavy atom. The van der Waals surface area contributed by atoms with Crippen molar-refractivity contribution in [2.24, 2.45) is 0 Å². The van der Waals surface area contributed by atoms with Crippen molar-refractivity contribution in [3.63, 3.8) is 0 Å². The maximum atomic E-state index is 10.3. The summed E-state index contributed by atoms with van der Waals surface area (Å²) in [6.07, 6.45) is 20.0. The molecule has 0 aliphatic carbocycles. The van der Waals surface area contributed by atoms with Gasteiger partial charge in [0, 0.05) is 10.0 Å². The second-order valence-corrected chi connectivity index (χ2v) is 7.65. The molecule has 21 heavy (non-hydrogen) atoms. The monoisotopic (exact) mass is 408 g/mol. The Labute approximate surface area is 144 Å². The fourth-order valence-electron chi connectivity index (χ4n) is 2.46. The normalized spacial score (nSPS) is 12.9. The van der Waals surface area contributed by atoms with E-state index in [-0.39, 0.29) is 0 Å². The topological polar surface area (TPSA) is 37.3 Å². The van der Waals surface area contributed by atoms with Crippen LogP contribution in [0.15, 0.2) is 12.2 Å². The SMILES string of the molecule is CCCCCCC(I)CCCCCCCC/C=C\C(=O)O. The zero-order chi connectivity index (χ0) is 15.8. The second kappa shape index (κ2) is 16.3. The molecule has 3 heteroatoms. The van der Waals surface area contributed by atoms with Gasteiger partial charge in [0.25, 0.3) is 0 Å². The van der Waals surface area contributed by atoms with Crippen molar-refractivity contribution in [3.8, 4) is 0 Å². The molecule has 0 rings (SSSR count). The van der Waals surface area contributed by atoms with E-state index in [1.54, 1.807) is 6.08 Å². The second-order valence-electron chi connectivity index (χ2n) is 5.89. The molecular formula is C18H33IO2. The van der Waals surface area contributed by atoms with Gasteiger partial charge >= 0.3 is 5.97 Å². The van der Waals surface area contributed by atoms with E-state index in [1.165, 1.54) is 76.7 Å². The molecule has 0 saturated carbocycles. The molecule has 0 radical (unpaired) electrons. The van der Waals surface area contributed by atoms with Crippen LogP contribution >= 0.6 is 22.6 Å². The molecule has 0 aromatic carbocycles. The van der Waals surface area contributed by atoms with Gasteiger partial charge in [-0.15, -0.1) is 0 Å². The molecule has 124 valence electrons. The van der Waals surface area contributed by atoms with E-state index in [0.717, 1.165) is 16.8 Å². The molecule has 1 N–H and O–H groups in total. The Morgan fingerprint density at radius 1 is 0.952 bits per heavy atom. The van der Waals surface area contributed by atoms with Gasteiger partial charge in [0.15, 0.2) is 0 Å². The third-order valence-electron chi connectivity index (χ3n) is 3.77. The minimum Gasteiger partial charge on any atom is -0.478 e. The molecule has 0 aliphatic rings. The minimum absolute atomic E-state index is 0.835. The van der Waals surface area contributed by atoms with E-state index in [1.807, 2.05) is 0 Å². The summed E-state index contributed by atoms with van der Waals surface area (Å²) >= 11 is 2.63. The summed E-state index contributed by atoms with van der Waals surface area (Å²) in [5.41, 5.74) is 0. The molecule has 0 saturated heterocycles. The van der Waals surface area contributed by atoms with Crippen LogP contribution in [0.25, 0.3) is 0 Å². The van der Waals surface area contributed by atoms with Crippen LogP contribution in [0.3, 0.4) is 0 Å². The Hall–Kier alpha value is -0.0600. The van der Waals surface area contributed by atoms with E-state index in [2.05, 4.69) is 29.5 Å². The van der Waals surface area contributed by atoms with Crippen molar-refractivity contribution in [2.75, 3.05) is 0 Å². The van der Waals surface area contributed by atoms with Gasteiger partial charge in [0.1, 0.15) is 0 Å². The fourth-order valence-corrected chi connectivity index (χ4v) is 3.34. The maximum absolute atomic E-state index is 10.3. The number of unbranched alkanes of at least 4 members (excludes halogenated alkanes) is 9. The molecule has 0 fully saturated rings. The van der Waals surface area contributed by atoms with E-state index in [0.29, 0.717) is 0 Å². The molecule has 0 bridgehead atoms. The van der Waals surface area contributed by atoms with Gasteiger partial charge in [-0.25, -0.2) is 4.79 Å². The molecule has 0 amide bonds. The summed E-state index contributed by atoms with van der Waals surface area (Å²) in [6, 6.07) is 0. The minimum atomic E-state index is -0.835. The Morgan fingerprint density at radius 2 is 1.48 bits per heavy atom. The highest BCUT2D eigenvalue weighted by atomic mass is 127. The Bertz CT molecular complexity index is 264. The Kier molecular flexibility index (Phi) is 16.3. The lowest BCUT2D eigenvalue weighted by molar-refractivity contribution is -0.131. The first kappa shape index (κ1) is 20.9. The summed E-state index contributed by atoms with van der Waals surface area (Å²) in [4.78, 5) is 10.3. The summed E-state index contributed by atoms with van der Waals surface area (Å²) in [5.74, 6) is -0.835. The zero-order valence-electron chi connectivity index (χ0n) is 13.7. The zero-order valence-corrected chi connectivity index (χ0v) is 15.8. The van der Waals surface area contributed by atoms with Gasteiger partial charge in [-0.1, -0.05) is 93.4 Å². The Balaban J connectivity index is 3.19. The quantitative estimate of drug-likeness (QED) is 0.145. The number of alkyl halides is 1. The number of aliphatic carboxylic acids is 1. The smallest absolute Gasteiger partial charge is 0.327 e. The standard InChI is InChI=1S/C18H33IO2/c1-2-3-4-11-14-17(19)15-12-9-7-5-6-8-10-13-16-18(20)21/h13,16-17H,2-12,14-15H2,1H3,(H,20,21)/b16-13-. The van der Waals surface area contributed by atoms with Gasteiger partial charge < -0.3 is 5.11 Å². The van der Waals surface area contributed by atoms with Crippen molar-refractivity contribution >= 4 is 28.6 Å². The van der Waals surface area contributed by atoms with Crippen molar-refractivity contribution in [1.82, 2.24) is 0 Å². The number of carboxylic acid groups (broad SMARTS) is 1. The lowest BCUT2D eigenvalue weighted by Crippen LogP contribution is -1.97. The van der Waals surface area contributed by atoms with E-state index < -0.39 is 5.97 Å². The van der Waals surface area contributed by atoms with Crippen LogP contribution in [-0.2, 0) is 4.79 Å². The van der Waals surface area contributed by atoms with Crippen molar-refractivity contribution in [2.45, 2.75) is 94.3 Å². The molecule has 0 spiro atoms. The molecule has 1 unspecified atom stereocenters. The van der Waals surface area contributed by atoms with Crippen molar-refractivity contribution < 1.29 is 9.90 Å². The highest BCUT2D eigenvalue weighted by Crippen LogP contribution is 2.19. The third-order valence-corrected chi connectivity index (χ3v) is 5.02. The van der Waals surface area contributed by atoms with Crippen LogP contribution in [0.1, 0.15) is 90.4 Å². The number of hydrogen-bond donors (Lipinski definition) is 1. The average molecular weight is 408 g/mol. The maximum Gasteiger partial charge on any atom is 0.327 e. The molecule has 1 atom stereocenters. The number of hydrogen-bond acceptors (Lipinski definition) is 1. The van der Waals surface area contributed by atoms with E-state index >= 15 is 0 Å². The first-order chi connectivity index (χ1) is 10.2. The third kappa shape index (κ3) is 17.9. The van der Waals surface area contributed by atoms with Gasteiger partial charge in [0.2, 0.25) is 0 Å². The molecule has 0 aromatic rings. The van der Waals surface area contributed by atoms with E-state index in [9.17, 15) is 4.79 Å². The van der Waals surface area contributed by atoms with Gasteiger partial charge in [0.05, 0.1) is 0 Å². The van der Waals surface area contributed by atoms with Crippen LogP contribution in [-0.4, -0.2) is 15.0 Å². The molecule has 0 heterocycles. The van der Waals surface area contributed by atoms with Crippen molar-refractivity contribution in [1.29, 1.82) is 0 Å². The fraction of sp³-hybridized carbons (Fsp3) is 0.833. The summed E-state index contributed by atoms with van der Waals surface area (Å²) in [7, 11) is 0. The first-order valence-corrected chi connectivity index (χ1v) is 9.95. The summed E-state index contributed by atoms with van der Waals surface area (Å²) in [5, 5.41) is 8.45. The van der Waals surface area contributed by atoms with Crippen LogP contribution in [0.2, 0.25) is 0 Å². The van der Waals surface area contributed by atoms with Gasteiger partial charge in [-0.05, 0) is 25.7 Å². The van der Waals surface area contributed by atoms with E-state index in [4.69, 9.17) is 5.11 Å². The number of carboxylic acids is 1. The molecule has 2 nitrogen and oxygen atoms in total. The van der Waals surface area contributed by atoms with Crippen LogP contribution < -0.4 is 0 Å². The summed E-state index contributed by atoms with van der Waals surface area (Å²) < 4.78 is 0.876.